The molecule has 3 aromatic carbocycles. The Hall–Kier alpha value is -4.02. The van der Waals surface area contributed by atoms with Crippen molar-refractivity contribution in [3.05, 3.63) is 95.1 Å². The summed E-state index contributed by atoms with van der Waals surface area (Å²) >= 11 is 9.40. The molecule has 0 saturated heterocycles. The van der Waals surface area contributed by atoms with Crippen molar-refractivity contribution in [2.24, 2.45) is 21.7 Å². The summed E-state index contributed by atoms with van der Waals surface area (Å²) in [7, 11) is 0. The third kappa shape index (κ3) is 8.85. The predicted octanol–water partition coefficient (Wildman–Crippen LogP) is 3.18. The van der Waals surface area contributed by atoms with Gasteiger partial charge in [0.2, 0.25) is 0 Å². The lowest BCUT2D eigenvalue weighted by Gasteiger charge is -2.10. The van der Waals surface area contributed by atoms with Gasteiger partial charge in [0.15, 0.2) is 10.2 Å². The van der Waals surface area contributed by atoms with Crippen LogP contribution in [0, 0.1) is 0 Å². The summed E-state index contributed by atoms with van der Waals surface area (Å²) in [5.41, 5.74) is 19.6. The summed E-state index contributed by atoms with van der Waals surface area (Å²) in [5.74, 6) is 1.52. The fourth-order valence-corrected chi connectivity index (χ4v) is 2.89. The highest BCUT2D eigenvalue weighted by atomic mass is 32.1. The summed E-state index contributed by atoms with van der Waals surface area (Å²) in [6.07, 6.45) is 3.25. The van der Waals surface area contributed by atoms with E-state index in [1.165, 1.54) is 0 Å². The second-order valence-electron chi connectivity index (χ2n) is 7.00. The fourth-order valence-electron chi connectivity index (χ4n) is 2.78. The molecule has 6 N–H and O–H groups in total. The maximum Gasteiger partial charge on any atom is 0.184 e. The zero-order valence-electron chi connectivity index (χ0n) is 18.2. The molecule has 0 amide bonds. The first kappa shape index (κ1) is 24.6. The van der Waals surface area contributed by atoms with Crippen molar-refractivity contribution in [3.63, 3.8) is 0 Å². The first-order valence-electron chi connectivity index (χ1n) is 10.2. The first-order valence-corrected chi connectivity index (χ1v) is 11.0. The van der Waals surface area contributed by atoms with Gasteiger partial charge in [-0.05, 0) is 101 Å². The third-order valence-corrected chi connectivity index (χ3v) is 4.52. The van der Waals surface area contributed by atoms with Crippen molar-refractivity contribution in [3.8, 4) is 11.5 Å². The highest BCUT2D eigenvalue weighted by molar-refractivity contribution is 7.80. The van der Waals surface area contributed by atoms with E-state index in [-0.39, 0.29) is 10.2 Å². The predicted molar refractivity (Wildman–Crippen MR) is 143 cm³/mol. The fraction of sp³-hybridized carbons (Fsp3) is 0.0833. The van der Waals surface area contributed by atoms with Crippen LogP contribution in [-0.2, 0) is 13.2 Å². The standard InChI is InChI=1S/C24H24N6O2S2/c25-23(33)29-27-13-17-4-8-21(9-5-17)31-15-19-2-1-3-20(12-19)16-32-22-10-6-18(7-11-22)14-28-30-24(26)34/h1-14H,15-16H2,(H3,25,29,33)(H3,26,30,34)/b27-13-,28-14-. The lowest BCUT2D eigenvalue weighted by atomic mass is 10.1. The van der Waals surface area contributed by atoms with E-state index in [1.54, 1.807) is 12.4 Å². The number of rotatable bonds is 10. The molecule has 0 aliphatic carbocycles. The molecule has 0 aliphatic heterocycles. The number of hydrogen-bond acceptors (Lipinski definition) is 6. The Morgan fingerprint density at radius 3 is 1.50 bits per heavy atom. The monoisotopic (exact) mass is 492 g/mol. The Bertz CT molecular complexity index is 1080. The molecule has 0 radical (unpaired) electrons. The van der Waals surface area contributed by atoms with Gasteiger partial charge in [-0.25, -0.2) is 0 Å². The highest BCUT2D eigenvalue weighted by Gasteiger charge is 2.01. The van der Waals surface area contributed by atoms with Crippen molar-refractivity contribution >= 4 is 47.1 Å². The Kier molecular flexibility index (Phi) is 9.32. The van der Waals surface area contributed by atoms with Gasteiger partial charge in [-0.1, -0.05) is 18.2 Å². The van der Waals surface area contributed by atoms with Gasteiger partial charge in [-0.3, -0.25) is 10.9 Å². The maximum atomic E-state index is 5.89. The van der Waals surface area contributed by atoms with Crippen LogP contribution >= 0.6 is 24.4 Å². The van der Waals surface area contributed by atoms with Gasteiger partial charge in [0.25, 0.3) is 0 Å². The minimum absolute atomic E-state index is 0.120. The molecule has 3 aromatic rings. The first-order chi connectivity index (χ1) is 16.5. The molecule has 10 heteroatoms. The van der Waals surface area contributed by atoms with E-state index in [0.29, 0.717) is 13.2 Å². The SMILES string of the molecule is NC(=S)N/N=C\c1ccc(OCc2cccc(COc3ccc(/C=N\NC(N)=S)cc3)c2)cc1. The lowest BCUT2D eigenvalue weighted by molar-refractivity contribution is 0.300. The Morgan fingerprint density at radius 1 is 0.706 bits per heavy atom. The normalized spacial score (nSPS) is 10.8. The van der Waals surface area contributed by atoms with Crippen LogP contribution in [0.25, 0.3) is 0 Å². The van der Waals surface area contributed by atoms with Gasteiger partial charge in [-0.15, -0.1) is 0 Å². The Labute approximate surface area is 208 Å². The number of nitrogens with one attached hydrogen (secondary N) is 2. The molecule has 174 valence electrons. The Morgan fingerprint density at radius 2 is 1.12 bits per heavy atom. The van der Waals surface area contributed by atoms with Gasteiger partial charge < -0.3 is 20.9 Å². The number of hydrazone groups is 2. The number of ether oxygens (including phenoxy) is 2. The van der Waals surface area contributed by atoms with E-state index in [2.05, 4.69) is 27.1 Å². The molecule has 0 unspecified atom stereocenters. The number of hydrogen-bond donors (Lipinski definition) is 4. The average molecular weight is 493 g/mol. The van der Waals surface area contributed by atoms with E-state index in [9.17, 15) is 0 Å². The zero-order valence-corrected chi connectivity index (χ0v) is 19.8. The molecule has 8 nitrogen and oxygen atoms in total. The van der Waals surface area contributed by atoms with Gasteiger partial charge in [0, 0.05) is 0 Å². The van der Waals surface area contributed by atoms with Gasteiger partial charge in [-0.2, -0.15) is 10.2 Å². The molecule has 0 heterocycles. The minimum Gasteiger partial charge on any atom is -0.489 e. The Balaban J connectivity index is 1.48. The number of benzene rings is 3. The molecular formula is C24H24N6O2S2. The van der Waals surface area contributed by atoms with Crippen LogP contribution in [0.3, 0.4) is 0 Å². The van der Waals surface area contributed by atoms with Crippen molar-refractivity contribution in [2.75, 3.05) is 0 Å². The molecule has 0 bridgehead atoms. The molecule has 0 aliphatic rings. The van der Waals surface area contributed by atoms with Crippen molar-refractivity contribution in [2.45, 2.75) is 13.2 Å². The third-order valence-electron chi connectivity index (χ3n) is 4.34. The van der Waals surface area contributed by atoms with Gasteiger partial charge >= 0.3 is 0 Å². The second-order valence-corrected chi connectivity index (χ2v) is 7.88. The molecule has 0 aromatic heterocycles. The van der Waals surface area contributed by atoms with E-state index in [4.69, 9.17) is 45.4 Å². The second kappa shape index (κ2) is 12.9. The average Bonchev–Trinajstić information content (AvgIpc) is 2.83. The van der Waals surface area contributed by atoms with Crippen molar-refractivity contribution < 1.29 is 9.47 Å². The summed E-state index contributed by atoms with van der Waals surface area (Å²) < 4.78 is 11.8. The summed E-state index contributed by atoms with van der Waals surface area (Å²) in [5, 5.41) is 8.09. The van der Waals surface area contributed by atoms with Crippen LogP contribution in [0.5, 0.6) is 11.5 Å². The maximum absolute atomic E-state index is 5.89. The largest absolute Gasteiger partial charge is 0.489 e. The van der Waals surface area contributed by atoms with Crippen molar-refractivity contribution in [1.29, 1.82) is 0 Å². The summed E-state index contributed by atoms with van der Waals surface area (Å²) in [6.45, 7) is 0.886. The molecule has 0 spiro atoms. The van der Waals surface area contributed by atoms with Gasteiger partial charge in [0.1, 0.15) is 24.7 Å². The van der Waals surface area contributed by atoms with E-state index in [1.807, 2.05) is 66.7 Å². The van der Waals surface area contributed by atoms with Crippen LogP contribution in [0.4, 0.5) is 0 Å². The highest BCUT2D eigenvalue weighted by Crippen LogP contribution is 2.16. The molecule has 0 atom stereocenters. The lowest BCUT2D eigenvalue weighted by Crippen LogP contribution is -2.23. The van der Waals surface area contributed by atoms with E-state index in [0.717, 1.165) is 33.8 Å². The summed E-state index contributed by atoms with van der Waals surface area (Å²) in [6, 6.07) is 23.2. The molecular weight excluding hydrogens is 468 g/mol. The topological polar surface area (TPSA) is 119 Å². The zero-order chi connectivity index (χ0) is 24.2. The smallest absolute Gasteiger partial charge is 0.184 e. The number of nitrogens with two attached hydrogens (primary N) is 2. The quantitative estimate of drug-likeness (QED) is 0.194. The summed E-state index contributed by atoms with van der Waals surface area (Å²) in [4.78, 5) is 0. The molecule has 34 heavy (non-hydrogen) atoms. The van der Waals surface area contributed by atoms with Crippen LogP contribution in [0.2, 0.25) is 0 Å². The minimum atomic E-state index is 0.120. The molecule has 0 fully saturated rings. The van der Waals surface area contributed by atoms with E-state index < -0.39 is 0 Å². The molecule has 0 saturated carbocycles. The van der Waals surface area contributed by atoms with Crippen LogP contribution < -0.4 is 31.8 Å². The van der Waals surface area contributed by atoms with Crippen LogP contribution in [0.15, 0.2) is 83.0 Å². The number of thiocarbonyl (C=S) groups is 2. The number of nitrogens with zero attached hydrogens (tertiary/aromatic N) is 2. The van der Waals surface area contributed by atoms with Gasteiger partial charge in [0.05, 0.1) is 12.4 Å². The van der Waals surface area contributed by atoms with Crippen molar-refractivity contribution in [1.82, 2.24) is 10.9 Å². The van der Waals surface area contributed by atoms with E-state index >= 15 is 0 Å². The van der Waals surface area contributed by atoms with Crippen LogP contribution in [0.1, 0.15) is 22.3 Å². The van der Waals surface area contributed by atoms with Crippen LogP contribution in [-0.4, -0.2) is 22.7 Å². The molecule has 3 rings (SSSR count).